The van der Waals surface area contributed by atoms with Crippen molar-refractivity contribution in [1.82, 2.24) is 9.80 Å². The van der Waals surface area contributed by atoms with Gasteiger partial charge in [-0.15, -0.1) is 0 Å². The molecule has 0 spiro atoms. The number of nitrogens with zero attached hydrogens (tertiary/aromatic N) is 2. The average molecular weight is 364 g/mol. The Hall–Kier alpha value is -1.83. The van der Waals surface area contributed by atoms with E-state index in [0.29, 0.717) is 18.1 Å². The molecule has 1 heterocycles. The van der Waals surface area contributed by atoms with E-state index in [1.54, 1.807) is 18.9 Å². The summed E-state index contributed by atoms with van der Waals surface area (Å²) in [5.74, 6) is -0.595. The van der Waals surface area contributed by atoms with E-state index in [9.17, 15) is 14.7 Å². The number of likely N-dealkylation sites (N-methyl/N-ethyl adjacent to an activating group) is 2. The normalized spacial score (nSPS) is 22.0. The molecule has 1 fully saturated rings. The third kappa shape index (κ3) is 3.73. The number of hydrogen-bond acceptors (Lipinski definition) is 6. The summed E-state index contributed by atoms with van der Waals surface area (Å²) < 4.78 is 4.99. The van der Waals surface area contributed by atoms with Gasteiger partial charge in [-0.25, -0.2) is 4.79 Å². The Morgan fingerprint density at radius 3 is 2.60 bits per heavy atom. The standard InChI is InChI=1S/C18H24N2O4S/c1-4-20-15(13-16(22)24-5-2)25-18(17(20)23,19(3)11-12-21)14-9-7-6-8-10-14/h6-10,13,21H,4-5,11-12H2,1-3H3/b15-13-. The van der Waals surface area contributed by atoms with E-state index in [1.807, 2.05) is 42.2 Å². The van der Waals surface area contributed by atoms with E-state index in [0.717, 1.165) is 5.56 Å². The predicted octanol–water partition coefficient (Wildman–Crippen LogP) is 1.76. The van der Waals surface area contributed by atoms with Gasteiger partial charge in [-0.05, 0) is 26.5 Å². The Morgan fingerprint density at radius 2 is 2.04 bits per heavy atom. The number of thioether (sulfide) groups is 1. The Kier molecular flexibility index (Phi) is 6.64. The van der Waals surface area contributed by atoms with Crippen LogP contribution in [0.25, 0.3) is 0 Å². The number of esters is 1. The molecule has 25 heavy (non-hydrogen) atoms. The third-order valence-electron chi connectivity index (χ3n) is 4.04. The van der Waals surface area contributed by atoms with Crippen LogP contribution in [-0.4, -0.2) is 60.1 Å². The van der Waals surface area contributed by atoms with E-state index in [1.165, 1.54) is 17.8 Å². The monoisotopic (exact) mass is 364 g/mol. The molecular formula is C18H24N2O4S. The van der Waals surface area contributed by atoms with Crippen LogP contribution in [-0.2, 0) is 19.2 Å². The van der Waals surface area contributed by atoms with Crippen LogP contribution in [0.15, 0.2) is 41.4 Å². The first-order valence-electron chi connectivity index (χ1n) is 8.28. The molecule has 2 rings (SSSR count). The SMILES string of the molecule is CCOC(=O)/C=C1\SC(c2ccccc2)(N(C)CCO)C(=O)N1CC. The second kappa shape index (κ2) is 8.51. The molecule has 1 N–H and O–H groups in total. The average Bonchev–Trinajstić information content (AvgIpc) is 2.88. The summed E-state index contributed by atoms with van der Waals surface area (Å²) in [5.41, 5.74) is 0.812. The highest BCUT2D eigenvalue weighted by atomic mass is 32.2. The lowest BCUT2D eigenvalue weighted by atomic mass is 10.0. The lowest BCUT2D eigenvalue weighted by molar-refractivity contribution is -0.137. The third-order valence-corrected chi connectivity index (χ3v) is 5.60. The second-order valence-corrected chi connectivity index (χ2v) is 6.75. The summed E-state index contributed by atoms with van der Waals surface area (Å²) in [6.45, 7) is 4.59. The lowest BCUT2D eigenvalue weighted by Gasteiger charge is -2.35. The van der Waals surface area contributed by atoms with Crippen LogP contribution in [0.4, 0.5) is 0 Å². The van der Waals surface area contributed by atoms with Crippen LogP contribution in [0.5, 0.6) is 0 Å². The largest absolute Gasteiger partial charge is 0.463 e. The Labute approximate surface area is 152 Å². The highest BCUT2D eigenvalue weighted by Gasteiger charge is 2.54. The highest BCUT2D eigenvalue weighted by Crippen LogP contribution is 2.51. The van der Waals surface area contributed by atoms with Crippen LogP contribution in [0.2, 0.25) is 0 Å². The van der Waals surface area contributed by atoms with Crippen molar-refractivity contribution in [3.8, 4) is 0 Å². The second-order valence-electron chi connectivity index (χ2n) is 5.54. The van der Waals surface area contributed by atoms with E-state index < -0.39 is 10.8 Å². The number of rotatable bonds is 7. The first kappa shape index (κ1) is 19.5. The molecule has 1 aliphatic rings. The van der Waals surface area contributed by atoms with E-state index in [2.05, 4.69) is 0 Å². The minimum absolute atomic E-state index is 0.0675. The van der Waals surface area contributed by atoms with Crippen LogP contribution in [0, 0.1) is 0 Å². The maximum atomic E-state index is 13.3. The van der Waals surface area contributed by atoms with Crippen molar-refractivity contribution in [2.45, 2.75) is 18.7 Å². The topological polar surface area (TPSA) is 70.1 Å². The number of hydrogen-bond donors (Lipinski definition) is 1. The fourth-order valence-corrected chi connectivity index (χ4v) is 4.32. The quantitative estimate of drug-likeness (QED) is 0.587. The van der Waals surface area contributed by atoms with E-state index in [4.69, 9.17) is 4.74 Å². The number of carbonyl (C=O) groups excluding carboxylic acids is 2. The number of carbonyl (C=O) groups is 2. The molecule has 0 bridgehead atoms. The zero-order chi connectivity index (χ0) is 18.4. The molecule has 0 aliphatic carbocycles. The minimum atomic E-state index is -1.02. The first-order chi connectivity index (χ1) is 12.0. The summed E-state index contributed by atoms with van der Waals surface area (Å²) in [5, 5.41) is 9.94. The number of benzene rings is 1. The van der Waals surface area contributed by atoms with Gasteiger partial charge in [0, 0.05) is 13.1 Å². The fraction of sp³-hybridized carbons (Fsp3) is 0.444. The van der Waals surface area contributed by atoms with E-state index in [-0.39, 0.29) is 19.1 Å². The molecule has 1 aromatic rings. The Bertz CT molecular complexity index is 650. The van der Waals surface area contributed by atoms with Crippen LogP contribution in [0.1, 0.15) is 19.4 Å². The van der Waals surface area contributed by atoms with Crippen LogP contribution in [0.3, 0.4) is 0 Å². The van der Waals surface area contributed by atoms with Crippen molar-refractivity contribution in [3.63, 3.8) is 0 Å². The molecule has 136 valence electrons. The molecule has 1 amide bonds. The molecule has 1 aromatic carbocycles. The lowest BCUT2D eigenvalue weighted by Crippen LogP contribution is -2.49. The van der Waals surface area contributed by atoms with Crippen molar-refractivity contribution in [2.75, 3.05) is 33.4 Å². The van der Waals surface area contributed by atoms with Crippen molar-refractivity contribution < 1.29 is 19.4 Å². The van der Waals surface area contributed by atoms with Crippen molar-refractivity contribution in [3.05, 3.63) is 47.0 Å². The van der Waals surface area contributed by atoms with Gasteiger partial charge in [0.25, 0.3) is 5.91 Å². The molecule has 7 heteroatoms. The fourth-order valence-electron chi connectivity index (χ4n) is 2.84. The molecule has 0 aromatic heterocycles. The van der Waals surface area contributed by atoms with Crippen LogP contribution >= 0.6 is 11.8 Å². The summed E-state index contributed by atoms with van der Waals surface area (Å²) in [7, 11) is 1.80. The number of aliphatic hydroxyl groups is 1. The minimum Gasteiger partial charge on any atom is -0.463 e. The Morgan fingerprint density at radius 1 is 1.36 bits per heavy atom. The van der Waals surface area contributed by atoms with Gasteiger partial charge < -0.3 is 14.7 Å². The van der Waals surface area contributed by atoms with Gasteiger partial charge in [-0.2, -0.15) is 0 Å². The highest BCUT2D eigenvalue weighted by molar-refractivity contribution is 8.05. The predicted molar refractivity (Wildman–Crippen MR) is 97.5 cm³/mol. The molecule has 1 saturated heterocycles. The van der Waals surface area contributed by atoms with Gasteiger partial charge in [0.15, 0.2) is 4.87 Å². The Balaban J connectivity index is 2.53. The summed E-state index contributed by atoms with van der Waals surface area (Å²) in [4.78, 5) is 27.6. The van der Waals surface area contributed by atoms with Gasteiger partial charge in [-0.3, -0.25) is 9.69 Å². The summed E-state index contributed by atoms with van der Waals surface area (Å²) >= 11 is 1.31. The molecule has 6 nitrogen and oxygen atoms in total. The molecule has 1 unspecified atom stereocenters. The maximum Gasteiger partial charge on any atom is 0.333 e. The van der Waals surface area contributed by atoms with Gasteiger partial charge in [0.2, 0.25) is 0 Å². The van der Waals surface area contributed by atoms with Gasteiger partial charge in [0.05, 0.1) is 24.3 Å². The van der Waals surface area contributed by atoms with Crippen molar-refractivity contribution in [1.29, 1.82) is 0 Å². The number of amides is 1. The smallest absolute Gasteiger partial charge is 0.333 e. The molecule has 0 radical (unpaired) electrons. The molecule has 0 saturated carbocycles. The first-order valence-corrected chi connectivity index (χ1v) is 9.09. The molecular weight excluding hydrogens is 340 g/mol. The van der Waals surface area contributed by atoms with Crippen molar-refractivity contribution >= 4 is 23.6 Å². The number of aliphatic hydroxyl groups excluding tert-OH is 1. The van der Waals surface area contributed by atoms with Gasteiger partial charge in [-0.1, -0.05) is 42.1 Å². The number of ether oxygens (including phenoxy) is 1. The zero-order valence-electron chi connectivity index (χ0n) is 14.8. The molecule has 1 atom stereocenters. The maximum absolute atomic E-state index is 13.3. The van der Waals surface area contributed by atoms with E-state index >= 15 is 0 Å². The van der Waals surface area contributed by atoms with Gasteiger partial charge >= 0.3 is 5.97 Å². The zero-order valence-corrected chi connectivity index (χ0v) is 15.6. The molecule has 1 aliphatic heterocycles. The summed E-state index contributed by atoms with van der Waals surface area (Å²) in [6.07, 6.45) is 1.37. The van der Waals surface area contributed by atoms with Crippen molar-refractivity contribution in [2.24, 2.45) is 0 Å². The summed E-state index contributed by atoms with van der Waals surface area (Å²) in [6, 6.07) is 9.42. The van der Waals surface area contributed by atoms with Crippen LogP contribution < -0.4 is 0 Å². The van der Waals surface area contributed by atoms with Gasteiger partial charge in [0.1, 0.15) is 0 Å².